The van der Waals surface area contributed by atoms with Crippen molar-refractivity contribution in [3.8, 4) is 0 Å². The molecular formula is C10H16ClN2O3P. The highest BCUT2D eigenvalue weighted by atomic mass is 35.5. The molecule has 0 aromatic heterocycles. The van der Waals surface area contributed by atoms with E-state index >= 15 is 0 Å². The van der Waals surface area contributed by atoms with Gasteiger partial charge in [0.1, 0.15) is 0 Å². The second kappa shape index (κ2) is 6.38. The van der Waals surface area contributed by atoms with E-state index in [9.17, 15) is 4.57 Å². The molecule has 7 heteroatoms. The van der Waals surface area contributed by atoms with Crippen LogP contribution < -0.4 is 10.4 Å². The average Bonchev–Trinajstić information content (AvgIpc) is 2.26. The molecule has 0 aliphatic heterocycles. The number of nitrogens with zero attached hydrogens (tertiary/aromatic N) is 1. The molecule has 96 valence electrons. The molecule has 1 rings (SSSR count). The zero-order valence-electron chi connectivity index (χ0n) is 9.54. The van der Waals surface area contributed by atoms with Gasteiger partial charge in [0.25, 0.3) is 0 Å². The monoisotopic (exact) mass is 278 g/mol. The zero-order valence-corrected chi connectivity index (χ0v) is 11.2. The van der Waals surface area contributed by atoms with Gasteiger partial charge in [-0.25, -0.2) is 10.1 Å². The van der Waals surface area contributed by atoms with Gasteiger partial charge in [-0.15, -0.1) is 11.6 Å². The Hall–Kier alpha value is -0.580. The molecule has 5 nitrogen and oxygen atoms in total. The maximum absolute atomic E-state index is 10.7. The molecule has 1 unspecified atom stereocenters. The molecule has 0 saturated heterocycles. The van der Waals surface area contributed by atoms with Crippen LogP contribution in [0.3, 0.4) is 0 Å². The fraction of sp³-hybridized carbons (Fsp3) is 0.400. The molecule has 0 aliphatic rings. The highest BCUT2D eigenvalue weighted by Crippen LogP contribution is 2.32. The van der Waals surface area contributed by atoms with Gasteiger partial charge in [0, 0.05) is 25.2 Å². The van der Waals surface area contributed by atoms with Crippen LogP contribution >= 0.6 is 19.3 Å². The summed E-state index contributed by atoms with van der Waals surface area (Å²) in [5.41, 5.74) is 6.67. The Labute approximate surface area is 106 Å². The van der Waals surface area contributed by atoms with Crippen molar-refractivity contribution in [1.82, 2.24) is 0 Å². The third-order valence-corrected chi connectivity index (χ3v) is 2.88. The van der Waals surface area contributed by atoms with Crippen LogP contribution in [0.4, 0.5) is 5.69 Å². The summed E-state index contributed by atoms with van der Waals surface area (Å²) in [6.07, 6.45) is 0. The van der Waals surface area contributed by atoms with Gasteiger partial charge in [-0.3, -0.25) is 4.52 Å². The van der Waals surface area contributed by atoms with Crippen LogP contribution in [0.2, 0.25) is 0 Å². The quantitative estimate of drug-likeness (QED) is 0.614. The SMILES string of the molecule is CN(CCCl)c1ccc(COP(N)(=O)O)cc1. The van der Waals surface area contributed by atoms with E-state index in [1.165, 1.54) is 0 Å². The lowest BCUT2D eigenvalue weighted by Crippen LogP contribution is -2.19. The van der Waals surface area contributed by atoms with Crippen molar-refractivity contribution >= 4 is 25.0 Å². The molecule has 0 heterocycles. The molecule has 1 aromatic carbocycles. The number of hydrogen-bond acceptors (Lipinski definition) is 3. The predicted octanol–water partition coefficient (Wildman–Crippen LogP) is 1.94. The molecule has 3 N–H and O–H groups in total. The normalized spacial score (nSPS) is 14.4. The summed E-state index contributed by atoms with van der Waals surface area (Å²) in [7, 11) is -1.96. The summed E-state index contributed by atoms with van der Waals surface area (Å²) in [4.78, 5) is 10.8. The van der Waals surface area contributed by atoms with Gasteiger partial charge in [-0.2, -0.15) is 0 Å². The van der Waals surface area contributed by atoms with Crippen LogP contribution in [0.1, 0.15) is 5.56 Å². The van der Waals surface area contributed by atoms with E-state index < -0.39 is 7.75 Å². The summed E-state index contributed by atoms with van der Waals surface area (Å²) in [5.74, 6) is 0.558. The van der Waals surface area contributed by atoms with E-state index in [4.69, 9.17) is 22.0 Å². The number of halogens is 1. The molecule has 1 atom stereocenters. The van der Waals surface area contributed by atoms with Crippen LogP contribution in [0, 0.1) is 0 Å². The van der Waals surface area contributed by atoms with Crippen LogP contribution in [0.15, 0.2) is 24.3 Å². The number of alkyl halides is 1. The molecular weight excluding hydrogens is 263 g/mol. The smallest absolute Gasteiger partial charge is 0.373 e. The maximum atomic E-state index is 10.7. The predicted molar refractivity (Wildman–Crippen MR) is 69.2 cm³/mol. The van der Waals surface area contributed by atoms with E-state index in [0.29, 0.717) is 5.88 Å². The first kappa shape index (κ1) is 14.5. The molecule has 0 bridgehead atoms. The molecule has 0 fully saturated rings. The minimum absolute atomic E-state index is 0.0176. The summed E-state index contributed by atoms with van der Waals surface area (Å²) in [6, 6.07) is 7.42. The second-order valence-electron chi connectivity index (χ2n) is 3.61. The van der Waals surface area contributed by atoms with Crippen LogP contribution in [-0.4, -0.2) is 24.4 Å². The van der Waals surface area contributed by atoms with Crippen molar-refractivity contribution in [3.63, 3.8) is 0 Å². The molecule has 0 amide bonds. The van der Waals surface area contributed by atoms with Gasteiger partial charge in [-0.1, -0.05) is 12.1 Å². The molecule has 17 heavy (non-hydrogen) atoms. The third kappa shape index (κ3) is 5.52. The Morgan fingerprint density at radius 2 is 2.06 bits per heavy atom. The second-order valence-corrected chi connectivity index (χ2v) is 5.38. The number of nitrogens with two attached hydrogens (primary N) is 1. The van der Waals surface area contributed by atoms with E-state index in [1.807, 2.05) is 36.2 Å². The van der Waals surface area contributed by atoms with E-state index in [-0.39, 0.29) is 6.61 Å². The lowest BCUT2D eigenvalue weighted by atomic mass is 10.2. The van der Waals surface area contributed by atoms with Gasteiger partial charge in [0.15, 0.2) is 0 Å². The van der Waals surface area contributed by atoms with Crippen molar-refractivity contribution in [2.45, 2.75) is 6.61 Å². The molecule has 0 spiro atoms. The van der Waals surface area contributed by atoms with Crippen molar-refractivity contribution < 1.29 is 14.0 Å². The van der Waals surface area contributed by atoms with Gasteiger partial charge < -0.3 is 9.79 Å². The summed E-state index contributed by atoms with van der Waals surface area (Å²) < 4.78 is 15.4. The lowest BCUT2D eigenvalue weighted by Gasteiger charge is -2.18. The highest BCUT2D eigenvalue weighted by molar-refractivity contribution is 7.50. The van der Waals surface area contributed by atoms with E-state index in [0.717, 1.165) is 17.8 Å². The third-order valence-electron chi connectivity index (χ3n) is 2.21. The topological polar surface area (TPSA) is 75.8 Å². The number of benzene rings is 1. The molecule has 0 saturated carbocycles. The van der Waals surface area contributed by atoms with Gasteiger partial charge in [0.2, 0.25) is 0 Å². The minimum Gasteiger partial charge on any atom is -0.373 e. The fourth-order valence-corrected chi connectivity index (χ4v) is 1.86. The zero-order chi connectivity index (χ0) is 12.9. The van der Waals surface area contributed by atoms with E-state index in [1.54, 1.807) is 0 Å². The number of hydrogen-bond donors (Lipinski definition) is 2. The lowest BCUT2D eigenvalue weighted by molar-refractivity contribution is 0.251. The molecule has 0 aliphatic carbocycles. The maximum Gasteiger partial charge on any atom is 0.400 e. The Morgan fingerprint density at radius 1 is 1.47 bits per heavy atom. The van der Waals surface area contributed by atoms with Gasteiger partial charge in [0.05, 0.1) is 6.61 Å². The Balaban J connectivity index is 2.59. The summed E-state index contributed by atoms with van der Waals surface area (Å²) in [5, 5.41) is 0. The van der Waals surface area contributed by atoms with Crippen molar-refractivity contribution in [2.75, 3.05) is 24.4 Å². The minimum atomic E-state index is -3.90. The first-order chi connectivity index (χ1) is 7.92. The Bertz CT molecular complexity index is 393. The summed E-state index contributed by atoms with van der Waals surface area (Å²) >= 11 is 5.64. The Kier molecular flexibility index (Phi) is 5.43. The first-order valence-electron chi connectivity index (χ1n) is 5.04. The van der Waals surface area contributed by atoms with Crippen LogP contribution in [0.5, 0.6) is 0 Å². The number of rotatable bonds is 6. The largest absolute Gasteiger partial charge is 0.400 e. The molecule has 1 aromatic rings. The van der Waals surface area contributed by atoms with Crippen molar-refractivity contribution in [1.29, 1.82) is 0 Å². The first-order valence-corrected chi connectivity index (χ1v) is 7.22. The summed E-state index contributed by atoms with van der Waals surface area (Å²) in [6.45, 7) is 0.774. The highest BCUT2D eigenvalue weighted by Gasteiger charge is 2.10. The van der Waals surface area contributed by atoms with Crippen molar-refractivity contribution in [2.24, 2.45) is 5.50 Å². The van der Waals surface area contributed by atoms with Gasteiger partial charge in [-0.05, 0) is 17.7 Å². The fourth-order valence-electron chi connectivity index (χ4n) is 1.27. The van der Waals surface area contributed by atoms with Crippen molar-refractivity contribution in [3.05, 3.63) is 29.8 Å². The standard InChI is InChI=1S/C10H16ClN2O3P/c1-13(7-6-11)10-4-2-9(3-5-10)8-16-17(12,14)15/h2-5H,6-8H2,1H3,(H3,12,14,15). The number of anilines is 1. The van der Waals surface area contributed by atoms with Crippen LogP contribution in [0.25, 0.3) is 0 Å². The average molecular weight is 279 g/mol. The van der Waals surface area contributed by atoms with E-state index in [2.05, 4.69) is 4.52 Å². The Morgan fingerprint density at radius 3 is 2.53 bits per heavy atom. The van der Waals surface area contributed by atoms with Gasteiger partial charge >= 0.3 is 7.75 Å². The van der Waals surface area contributed by atoms with Crippen LogP contribution in [-0.2, 0) is 15.7 Å². The molecule has 0 radical (unpaired) electrons.